The lowest BCUT2D eigenvalue weighted by Crippen LogP contribution is -2.20. The van der Waals surface area contributed by atoms with Crippen LogP contribution in [0.3, 0.4) is 0 Å². The number of benzene rings is 2. The fraction of sp³-hybridized carbons (Fsp3) is 0.304. The zero-order chi connectivity index (χ0) is 23.6. The lowest BCUT2D eigenvalue weighted by molar-refractivity contribution is -0.119. The van der Waals surface area contributed by atoms with Crippen LogP contribution in [-0.2, 0) is 14.8 Å². The monoisotopic (exact) mass is 489 g/mol. The Morgan fingerprint density at radius 3 is 2.61 bits per heavy atom. The van der Waals surface area contributed by atoms with Gasteiger partial charge >= 0.3 is 0 Å². The van der Waals surface area contributed by atoms with Crippen LogP contribution in [0.1, 0.15) is 31.4 Å². The third-order valence-electron chi connectivity index (χ3n) is 5.59. The Balaban J connectivity index is 1.65. The predicted molar refractivity (Wildman–Crippen MR) is 127 cm³/mol. The van der Waals surface area contributed by atoms with E-state index in [4.69, 9.17) is 4.74 Å². The fourth-order valence-corrected chi connectivity index (χ4v) is 6.11. The molecule has 0 spiro atoms. The van der Waals surface area contributed by atoms with Crippen LogP contribution < -0.4 is 14.8 Å². The number of methoxy groups -OCH3 is 1. The molecule has 0 unspecified atom stereocenters. The largest absolute Gasteiger partial charge is 0.495 e. The van der Waals surface area contributed by atoms with Crippen molar-refractivity contribution in [1.82, 2.24) is 4.98 Å². The van der Waals surface area contributed by atoms with Crippen LogP contribution in [0.25, 0.3) is 10.4 Å². The van der Waals surface area contributed by atoms with Crippen LogP contribution in [-0.4, -0.2) is 26.4 Å². The average molecular weight is 490 g/mol. The Labute approximate surface area is 196 Å². The molecule has 7 nitrogen and oxygen atoms in total. The van der Waals surface area contributed by atoms with Crippen molar-refractivity contribution < 1.29 is 22.3 Å². The second-order valence-electron chi connectivity index (χ2n) is 7.86. The standard InChI is InChI=1S/C23H24FN3O4S2/c1-14-21(32-23(25-14)26-22(28)15-7-3-4-8-15)16-11-12-19(31-2)20(13-16)33(29,30)27-18-10-6-5-9-17(18)24/h5-6,9-13,15,27H,3-4,7-8H2,1-2H3,(H,25,26,28). The number of anilines is 2. The van der Waals surface area contributed by atoms with E-state index in [1.807, 2.05) is 0 Å². The predicted octanol–water partition coefficient (Wildman–Crippen LogP) is 5.20. The number of halogens is 1. The number of aryl methyl sites for hydroxylation is 1. The summed E-state index contributed by atoms with van der Waals surface area (Å²) in [4.78, 5) is 17.5. The number of hydrogen-bond acceptors (Lipinski definition) is 6. The molecule has 1 saturated carbocycles. The topological polar surface area (TPSA) is 97.4 Å². The van der Waals surface area contributed by atoms with E-state index in [2.05, 4.69) is 15.0 Å². The van der Waals surface area contributed by atoms with Crippen LogP contribution in [0.15, 0.2) is 47.4 Å². The molecule has 0 bridgehead atoms. The first kappa shape index (κ1) is 23.2. The average Bonchev–Trinajstić information content (AvgIpc) is 3.45. The van der Waals surface area contributed by atoms with Crippen molar-refractivity contribution in [2.45, 2.75) is 37.5 Å². The Bertz CT molecular complexity index is 1280. The molecule has 1 amide bonds. The molecule has 0 radical (unpaired) electrons. The molecule has 1 aliphatic carbocycles. The molecular weight excluding hydrogens is 465 g/mol. The number of para-hydroxylation sites is 1. The zero-order valence-electron chi connectivity index (χ0n) is 18.2. The van der Waals surface area contributed by atoms with Gasteiger partial charge in [-0.2, -0.15) is 0 Å². The van der Waals surface area contributed by atoms with Gasteiger partial charge in [-0.05, 0) is 55.7 Å². The summed E-state index contributed by atoms with van der Waals surface area (Å²) in [7, 11) is -2.78. The Morgan fingerprint density at radius 1 is 1.18 bits per heavy atom. The molecule has 10 heteroatoms. The quantitative estimate of drug-likeness (QED) is 0.476. The number of ether oxygens (including phenoxy) is 1. The molecule has 3 aromatic rings. The number of nitrogens with zero attached hydrogens (tertiary/aromatic N) is 1. The highest BCUT2D eigenvalue weighted by atomic mass is 32.2. The van der Waals surface area contributed by atoms with E-state index in [1.54, 1.807) is 19.1 Å². The number of aromatic nitrogens is 1. The van der Waals surface area contributed by atoms with Crippen LogP contribution in [0, 0.1) is 18.7 Å². The summed E-state index contributed by atoms with van der Waals surface area (Å²) in [6, 6.07) is 10.3. The molecule has 174 valence electrons. The van der Waals surface area contributed by atoms with E-state index in [-0.39, 0.29) is 28.2 Å². The summed E-state index contributed by atoms with van der Waals surface area (Å²) >= 11 is 1.28. The summed E-state index contributed by atoms with van der Waals surface area (Å²) in [6.07, 6.45) is 3.89. The zero-order valence-corrected chi connectivity index (χ0v) is 19.9. The van der Waals surface area contributed by atoms with Gasteiger partial charge in [0.1, 0.15) is 16.5 Å². The SMILES string of the molecule is COc1ccc(-c2sc(NC(=O)C3CCCC3)nc2C)cc1S(=O)(=O)Nc1ccccc1F. The molecule has 1 fully saturated rings. The molecule has 2 aromatic carbocycles. The third kappa shape index (κ3) is 5.01. The molecule has 1 heterocycles. The third-order valence-corrected chi connectivity index (χ3v) is 8.09. The molecule has 0 aliphatic heterocycles. The van der Waals surface area contributed by atoms with Gasteiger partial charge < -0.3 is 10.1 Å². The Kier molecular flexibility index (Phi) is 6.66. The van der Waals surface area contributed by atoms with Crippen molar-refractivity contribution in [3.8, 4) is 16.2 Å². The number of thiazole rings is 1. The summed E-state index contributed by atoms with van der Waals surface area (Å²) in [5.41, 5.74) is 1.11. The minimum Gasteiger partial charge on any atom is -0.495 e. The molecule has 33 heavy (non-hydrogen) atoms. The van der Waals surface area contributed by atoms with Gasteiger partial charge in [-0.25, -0.2) is 17.8 Å². The maximum absolute atomic E-state index is 14.0. The maximum Gasteiger partial charge on any atom is 0.265 e. The normalized spacial score (nSPS) is 14.3. The van der Waals surface area contributed by atoms with Crippen LogP contribution in [0.4, 0.5) is 15.2 Å². The van der Waals surface area contributed by atoms with Crippen molar-refractivity contribution in [2.24, 2.45) is 5.92 Å². The number of sulfonamides is 1. The second-order valence-corrected chi connectivity index (χ2v) is 10.5. The first-order valence-corrected chi connectivity index (χ1v) is 12.8. The Hall–Kier alpha value is -2.98. The summed E-state index contributed by atoms with van der Waals surface area (Å²) in [5, 5.41) is 3.37. The molecule has 0 saturated heterocycles. The lowest BCUT2D eigenvalue weighted by Gasteiger charge is -2.13. The number of carbonyl (C=O) groups excluding carboxylic acids is 1. The highest BCUT2D eigenvalue weighted by Crippen LogP contribution is 2.37. The number of amides is 1. The van der Waals surface area contributed by atoms with Gasteiger partial charge in [-0.15, -0.1) is 0 Å². The minimum absolute atomic E-state index is 0.0137. The van der Waals surface area contributed by atoms with E-state index in [0.29, 0.717) is 16.4 Å². The lowest BCUT2D eigenvalue weighted by atomic mass is 10.1. The van der Waals surface area contributed by atoms with Crippen molar-refractivity contribution in [3.05, 3.63) is 54.0 Å². The van der Waals surface area contributed by atoms with E-state index in [9.17, 15) is 17.6 Å². The summed E-state index contributed by atoms with van der Waals surface area (Å²) in [6.45, 7) is 1.80. The van der Waals surface area contributed by atoms with Crippen LogP contribution >= 0.6 is 11.3 Å². The number of carbonyl (C=O) groups is 1. The molecule has 1 aliphatic rings. The van der Waals surface area contributed by atoms with Gasteiger partial charge in [0.2, 0.25) is 5.91 Å². The second kappa shape index (κ2) is 9.48. The smallest absolute Gasteiger partial charge is 0.265 e. The van der Waals surface area contributed by atoms with Gasteiger partial charge in [-0.3, -0.25) is 9.52 Å². The van der Waals surface area contributed by atoms with Crippen LogP contribution in [0.2, 0.25) is 0 Å². The summed E-state index contributed by atoms with van der Waals surface area (Å²) in [5.74, 6) is -0.573. The van der Waals surface area contributed by atoms with E-state index >= 15 is 0 Å². The van der Waals surface area contributed by atoms with Crippen molar-refractivity contribution in [3.63, 3.8) is 0 Å². The number of hydrogen-bond donors (Lipinski definition) is 2. The van der Waals surface area contributed by atoms with Gasteiger partial charge in [0.25, 0.3) is 10.0 Å². The Morgan fingerprint density at radius 2 is 1.91 bits per heavy atom. The molecular formula is C23H24FN3O4S2. The molecule has 2 N–H and O–H groups in total. The summed E-state index contributed by atoms with van der Waals surface area (Å²) < 4.78 is 47.7. The van der Waals surface area contributed by atoms with Gasteiger partial charge in [0, 0.05) is 5.92 Å². The number of rotatable bonds is 7. The minimum atomic E-state index is -4.15. The van der Waals surface area contributed by atoms with Gasteiger partial charge in [0.05, 0.1) is 23.4 Å². The van der Waals surface area contributed by atoms with Crippen molar-refractivity contribution in [1.29, 1.82) is 0 Å². The number of nitrogens with one attached hydrogen (secondary N) is 2. The fourth-order valence-electron chi connectivity index (χ4n) is 3.88. The molecule has 1 aromatic heterocycles. The first-order chi connectivity index (χ1) is 15.8. The molecule has 4 rings (SSSR count). The van der Waals surface area contributed by atoms with E-state index < -0.39 is 15.8 Å². The molecule has 0 atom stereocenters. The highest BCUT2D eigenvalue weighted by Gasteiger charge is 2.25. The maximum atomic E-state index is 14.0. The van der Waals surface area contributed by atoms with E-state index in [1.165, 1.54) is 48.8 Å². The van der Waals surface area contributed by atoms with Crippen LogP contribution in [0.5, 0.6) is 5.75 Å². The van der Waals surface area contributed by atoms with Crippen molar-refractivity contribution in [2.75, 3.05) is 17.1 Å². The van der Waals surface area contributed by atoms with E-state index in [0.717, 1.165) is 30.6 Å². The highest BCUT2D eigenvalue weighted by molar-refractivity contribution is 7.92. The van der Waals surface area contributed by atoms with Crippen molar-refractivity contribution >= 4 is 38.1 Å². The van der Waals surface area contributed by atoms with Gasteiger partial charge in [-0.1, -0.05) is 36.3 Å². The first-order valence-electron chi connectivity index (χ1n) is 10.5. The van der Waals surface area contributed by atoms with Gasteiger partial charge in [0.15, 0.2) is 5.13 Å².